The standard InChI is InChI=1S/C13H20N2O3S.ClH/c1-15(8-9-19(2,17)18)13(16)12(14)10-11-6-4-3-5-7-11;/h3-7,12H,8-10,14H2,1-2H3;1H/t12-;/m0./s1. The van der Waals surface area contributed by atoms with E-state index in [1.165, 1.54) is 4.90 Å². The van der Waals surface area contributed by atoms with Gasteiger partial charge in [-0.3, -0.25) is 4.79 Å². The Morgan fingerprint density at radius 3 is 2.35 bits per heavy atom. The van der Waals surface area contributed by atoms with Crippen LogP contribution in [0.15, 0.2) is 30.3 Å². The lowest BCUT2D eigenvalue weighted by molar-refractivity contribution is -0.131. The predicted molar refractivity (Wildman–Crippen MR) is 82.7 cm³/mol. The zero-order valence-corrected chi connectivity index (χ0v) is 13.3. The van der Waals surface area contributed by atoms with Gasteiger partial charge in [0.15, 0.2) is 0 Å². The normalized spacial score (nSPS) is 12.3. The van der Waals surface area contributed by atoms with E-state index in [0.29, 0.717) is 6.42 Å². The van der Waals surface area contributed by atoms with Gasteiger partial charge in [0.05, 0.1) is 11.8 Å². The molecule has 1 atom stereocenters. The molecule has 5 nitrogen and oxygen atoms in total. The second kappa shape index (κ2) is 8.24. The van der Waals surface area contributed by atoms with Crippen molar-refractivity contribution in [1.82, 2.24) is 4.90 Å². The number of nitrogens with two attached hydrogens (primary N) is 1. The molecule has 1 aromatic rings. The van der Waals surface area contributed by atoms with E-state index in [-0.39, 0.29) is 30.6 Å². The van der Waals surface area contributed by atoms with Crippen molar-refractivity contribution in [3.63, 3.8) is 0 Å². The zero-order chi connectivity index (χ0) is 14.5. The van der Waals surface area contributed by atoms with Crippen LogP contribution in [0.25, 0.3) is 0 Å². The molecule has 20 heavy (non-hydrogen) atoms. The lowest BCUT2D eigenvalue weighted by Crippen LogP contribution is -2.44. The largest absolute Gasteiger partial charge is 0.343 e. The number of benzene rings is 1. The highest BCUT2D eigenvalue weighted by Gasteiger charge is 2.19. The summed E-state index contributed by atoms with van der Waals surface area (Å²) in [5, 5.41) is 0. The Morgan fingerprint density at radius 1 is 1.30 bits per heavy atom. The van der Waals surface area contributed by atoms with E-state index in [1.807, 2.05) is 30.3 Å². The van der Waals surface area contributed by atoms with E-state index < -0.39 is 15.9 Å². The summed E-state index contributed by atoms with van der Waals surface area (Å²) in [5.74, 6) is -0.291. The van der Waals surface area contributed by atoms with Gasteiger partial charge >= 0.3 is 0 Å². The topological polar surface area (TPSA) is 80.5 Å². The van der Waals surface area contributed by atoms with E-state index in [9.17, 15) is 13.2 Å². The van der Waals surface area contributed by atoms with E-state index in [2.05, 4.69) is 0 Å². The van der Waals surface area contributed by atoms with Gasteiger partial charge in [0.1, 0.15) is 9.84 Å². The fraction of sp³-hybridized carbons (Fsp3) is 0.462. The van der Waals surface area contributed by atoms with Gasteiger partial charge in [-0.2, -0.15) is 0 Å². The van der Waals surface area contributed by atoms with Crippen LogP contribution in [0.4, 0.5) is 0 Å². The molecule has 0 fully saturated rings. The fourth-order valence-corrected chi connectivity index (χ4v) is 2.26. The number of carbonyl (C=O) groups is 1. The monoisotopic (exact) mass is 320 g/mol. The molecule has 1 amide bonds. The van der Waals surface area contributed by atoms with Crippen molar-refractivity contribution in [2.75, 3.05) is 25.6 Å². The lowest BCUT2D eigenvalue weighted by atomic mass is 10.1. The molecule has 114 valence electrons. The second-order valence-corrected chi connectivity index (χ2v) is 6.95. The Bertz CT molecular complexity index is 520. The molecule has 0 saturated heterocycles. The molecule has 0 bridgehead atoms. The van der Waals surface area contributed by atoms with E-state index in [1.54, 1.807) is 7.05 Å². The fourth-order valence-electron chi connectivity index (χ4n) is 1.65. The smallest absolute Gasteiger partial charge is 0.239 e. The lowest BCUT2D eigenvalue weighted by Gasteiger charge is -2.21. The Labute approximate surface area is 126 Å². The van der Waals surface area contributed by atoms with Crippen LogP contribution in [0, 0.1) is 0 Å². The average Bonchev–Trinajstić information content (AvgIpc) is 2.35. The highest BCUT2D eigenvalue weighted by Crippen LogP contribution is 2.04. The first-order valence-electron chi connectivity index (χ1n) is 6.02. The van der Waals surface area contributed by atoms with E-state index >= 15 is 0 Å². The van der Waals surface area contributed by atoms with E-state index in [4.69, 9.17) is 5.73 Å². The molecule has 0 aliphatic rings. The Balaban J connectivity index is 0.00000361. The number of amides is 1. The molecule has 0 aliphatic heterocycles. The average molecular weight is 321 g/mol. The maximum absolute atomic E-state index is 12.0. The first-order valence-corrected chi connectivity index (χ1v) is 8.08. The number of rotatable bonds is 6. The molecule has 2 N–H and O–H groups in total. The highest BCUT2D eigenvalue weighted by molar-refractivity contribution is 7.90. The van der Waals surface area contributed by atoms with Crippen LogP contribution in [0.1, 0.15) is 5.56 Å². The number of nitrogens with zero attached hydrogens (tertiary/aromatic N) is 1. The summed E-state index contributed by atoms with van der Waals surface area (Å²) in [7, 11) is -1.50. The third-order valence-corrected chi connectivity index (χ3v) is 3.71. The molecule has 0 unspecified atom stereocenters. The summed E-state index contributed by atoms with van der Waals surface area (Å²) in [6, 6.07) is 8.84. The van der Waals surface area contributed by atoms with Crippen LogP contribution in [0.2, 0.25) is 0 Å². The number of likely N-dealkylation sites (N-methyl/N-ethyl adjacent to an activating group) is 1. The van der Waals surface area contributed by atoms with Crippen molar-refractivity contribution in [2.45, 2.75) is 12.5 Å². The number of carbonyl (C=O) groups excluding carboxylic acids is 1. The molecular weight excluding hydrogens is 300 g/mol. The number of sulfone groups is 1. The van der Waals surface area contributed by atoms with Crippen LogP contribution in [-0.4, -0.2) is 50.9 Å². The van der Waals surface area contributed by atoms with E-state index in [0.717, 1.165) is 11.8 Å². The van der Waals surface area contributed by atoms with Gasteiger partial charge in [0.25, 0.3) is 0 Å². The Kier molecular flexibility index (Phi) is 7.78. The summed E-state index contributed by atoms with van der Waals surface area (Å²) >= 11 is 0. The van der Waals surface area contributed by atoms with Crippen molar-refractivity contribution < 1.29 is 13.2 Å². The minimum atomic E-state index is -3.07. The molecule has 7 heteroatoms. The maximum Gasteiger partial charge on any atom is 0.239 e. The molecule has 1 rings (SSSR count). The van der Waals surface area contributed by atoms with Gasteiger partial charge in [-0.1, -0.05) is 30.3 Å². The molecule has 0 radical (unpaired) electrons. The highest BCUT2D eigenvalue weighted by atomic mass is 35.5. The molecule has 0 aliphatic carbocycles. The van der Waals surface area contributed by atoms with Gasteiger partial charge in [-0.15, -0.1) is 12.4 Å². The molecule has 0 aromatic heterocycles. The summed E-state index contributed by atoms with van der Waals surface area (Å²) < 4.78 is 22.1. The zero-order valence-electron chi connectivity index (χ0n) is 11.7. The van der Waals surface area contributed by atoms with Gasteiger partial charge in [0.2, 0.25) is 5.91 Å². The molecule has 0 spiro atoms. The maximum atomic E-state index is 12.0. The SMILES string of the molecule is CN(CCS(C)(=O)=O)C(=O)[C@@H](N)Cc1ccccc1.Cl. The van der Waals surface area contributed by atoms with Crippen LogP contribution >= 0.6 is 12.4 Å². The Morgan fingerprint density at radius 2 is 1.85 bits per heavy atom. The van der Waals surface area contributed by atoms with Gasteiger partial charge in [-0.05, 0) is 12.0 Å². The first-order chi connectivity index (χ1) is 8.79. The molecule has 0 saturated carbocycles. The Hall–Kier alpha value is -1.11. The number of halogens is 1. The molecular formula is C13H21ClN2O3S. The minimum Gasteiger partial charge on any atom is -0.343 e. The van der Waals surface area contributed by atoms with Crippen molar-refractivity contribution in [2.24, 2.45) is 5.73 Å². The predicted octanol–water partition coefficient (Wildman–Crippen LogP) is 0.481. The summed E-state index contributed by atoms with van der Waals surface area (Å²) in [6.45, 7) is 0.167. The first kappa shape index (κ1) is 18.9. The second-order valence-electron chi connectivity index (χ2n) is 4.69. The van der Waals surface area contributed by atoms with Gasteiger partial charge in [0, 0.05) is 19.8 Å². The third-order valence-electron chi connectivity index (χ3n) is 2.79. The van der Waals surface area contributed by atoms with Crippen molar-refractivity contribution in [3.05, 3.63) is 35.9 Å². The van der Waals surface area contributed by atoms with Gasteiger partial charge < -0.3 is 10.6 Å². The quantitative estimate of drug-likeness (QED) is 0.826. The van der Waals surface area contributed by atoms with Crippen LogP contribution < -0.4 is 5.73 Å². The third kappa shape index (κ3) is 6.88. The summed E-state index contributed by atoms with van der Waals surface area (Å²) in [5.41, 5.74) is 6.83. The number of hydrogen-bond acceptors (Lipinski definition) is 4. The van der Waals surface area contributed by atoms with Crippen LogP contribution in [-0.2, 0) is 21.1 Å². The van der Waals surface area contributed by atoms with Crippen molar-refractivity contribution in [3.8, 4) is 0 Å². The van der Waals surface area contributed by atoms with Crippen molar-refractivity contribution in [1.29, 1.82) is 0 Å². The summed E-state index contributed by atoms with van der Waals surface area (Å²) in [6.07, 6.45) is 1.60. The molecule has 0 heterocycles. The van der Waals surface area contributed by atoms with Crippen LogP contribution in [0.5, 0.6) is 0 Å². The van der Waals surface area contributed by atoms with Gasteiger partial charge in [-0.25, -0.2) is 8.42 Å². The molecule has 1 aromatic carbocycles. The minimum absolute atomic E-state index is 0. The number of hydrogen-bond donors (Lipinski definition) is 1. The van der Waals surface area contributed by atoms with Crippen molar-refractivity contribution >= 4 is 28.2 Å². The summed E-state index contributed by atoms with van der Waals surface area (Å²) in [4.78, 5) is 13.3. The van der Waals surface area contributed by atoms with Crippen LogP contribution in [0.3, 0.4) is 0 Å².